The molecule has 0 bridgehead atoms. The Balaban J connectivity index is 2.30. The number of hydrogen-bond donors (Lipinski definition) is 0. The summed E-state index contributed by atoms with van der Waals surface area (Å²) in [5.41, 5.74) is 1.26. The van der Waals surface area contributed by atoms with Crippen LogP contribution in [0.25, 0.3) is 0 Å². The van der Waals surface area contributed by atoms with Gasteiger partial charge < -0.3 is 0 Å². The second kappa shape index (κ2) is 7.51. The third-order valence-electron chi connectivity index (χ3n) is 4.38. The van der Waals surface area contributed by atoms with E-state index in [1.165, 1.54) is 24.3 Å². The average Bonchev–Trinajstić information content (AvgIpc) is 2.67. The fourth-order valence-corrected chi connectivity index (χ4v) is 5.50. The van der Waals surface area contributed by atoms with E-state index in [2.05, 4.69) is 0 Å². The lowest BCUT2D eigenvalue weighted by atomic mass is 10.2. The van der Waals surface area contributed by atoms with Crippen LogP contribution >= 0.6 is 0 Å². The van der Waals surface area contributed by atoms with Gasteiger partial charge in [-0.25, -0.2) is 34.4 Å². The number of sulfone groups is 2. The molecule has 0 aromatic heterocycles. The molecule has 0 aliphatic rings. The molecule has 4 nitrogen and oxygen atoms in total. The highest BCUT2D eigenvalue weighted by atomic mass is 32.2. The molecule has 0 saturated carbocycles. The fraction of sp³-hybridized carbons (Fsp3) is 0.100. The van der Waals surface area contributed by atoms with E-state index in [4.69, 9.17) is 0 Å². The highest BCUT2D eigenvalue weighted by Gasteiger charge is 2.38. The average molecular weight is 458 g/mol. The van der Waals surface area contributed by atoms with Gasteiger partial charge >= 0.3 is 0 Å². The maximum atomic E-state index is 14.6. The van der Waals surface area contributed by atoms with Gasteiger partial charge in [0.2, 0.25) is 19.7 Å². The molecule has 0 radical (unpaired) electrons. The van der Waals surface area contributed by atoms with E-state index < -0.39 is 62.5 Å². The van der Waals surface area contributed by atoms with Crippen LogP contribution in [0, 0.1) is 37.1 Å². The molecule has 0 aliphatic heterocycles. The first-order valence-electron chi connectivity index (χ1n) is 8.38. The molecular formula is C20H14F4O4S2. The van der Waals surface area contributed by atoms with Gasteiger partial charge in [0.1, 0.15) is 9.79 Å². The molecule has 0 unspecified atom stereocenters. The van der Waals surface area contributed by atoms with Crippen LogP contribution in [0.2, 0.25) is 0 Å². The summed E-state index contributed by atoms with van der Waals surface area (Å²) in [7, 11) is -10.0. The Morgan fingerprint density at radius 1 is 0.500 bits per heavy atom. The summed E-state index contributed by atoms with van der Waals surface area (Å²) in [5, 5.41) is 0. The molecule has 3 rings (SSSR count). The van der Waals surface area contributed by atoms with Crippen molar-refractivity contribution in [2.75, 3.05) is 0 Å². The van der Waals surface area contributed by atoms with Crippen LogP contribution in [0.4, 0.5) is 17.6 Å². The largest absolute Gasteiger partial charge is 0.218 e. The van der Waals surface area contributed by atoms with E-state index >= 15 is 0 Å². The van der Waals surface area contributed by atoms with Crippen LogP contribution in [-0.2, 0) is 19.7 Å². The SMILES string of the molecule is Cc1ccc(S(=O)(=O)c2c(F)c(F)c(S(=O)(=O)c3ccc(C)cc3)c(F)c2F)cc1. The molecular weight excluding hydrogens is 444 g/mol. The highest BCUT2D eigenvalue weighted by molar-refractivity contribution is 7.92. The minimum Gasteiger partial charge on any atom is -0.218 e. The Bertz CT molecular complexity index is 1210. The predicted octanol–water partition coefficient (Wildman–Crippen LogP) is 4.53. The van der Waals surface area contributed by atoms with Gasteiger partial charge in [-0.05, 0) is 38.1 Å². The number of hydrogen-bond acceptors (Lipinski definition) is 4. The van der Waals surface area contributed by atoms with Crippen molar-refractivity contribution in [1.29, 1.82) is 0 Å². The second-order valence-corrected chi connectivity index (χ2v) is 10.3. The fourth-order valence-electron chi connectivity index (χ4n) is 2.73. The molecule has 0 atom stereocenters. The second-order valence-electron chi connectivity index (χ2n) is 6.55. The van der Waals surface area contributed by atoms with E-state index in [0.717, 1.165) is 24.3 Å². The molecule has 30 heavy (non-hydrogen) atoms. The Kier molecular flexibility index (Phi) is 5.50. The summed E-state index contributed by atoms with van der Waals surface area (Å²) in [5.74, 6) is -9.28. The van der Waals surface area contributed by atoms with E-state index in [9.17, 15) is 34.4 Å². The van der Waals surface area contributed by atoms with E-state index in [-0.39, 0.29) is 0 Å². The number of rotatable bonds is 4. The lowest BCUT2D eigenvalue weighted by molar-refractivity contribution is 0.390. The first-order valence-corrected chi connectivity index (χ1v) is 11.3. The highest BCUT2D eigenvalue weighted by Crippen LogP contribution is 2.35. The summed E-state index contributed by atoms with van der Waals surface area (Å²) < 4.78 is 109. The summed E-state index contributed by atoms with van der Waals surface area (Å²) in [6.07, 6.45) is 0. The van der Waals surface area contributed by atoms with Crippen LogP contribution in [0.15, 0.2) is 68.1 Å². The van der Waals surface area contributed by atoms with E-state index in [1.54, 1.807) is 13.8 Å². The monoisotopic (exact) mass is 458 g/mol. The number of benzene rings is 3. The minimum atomic E-state index is -5.02. The van der Waals surface area contributed by atoms with Gasteiger partial charge in [0.15, 0.2) is 23.3 Å². The van der Waals surface area contributed by atoms with Gasteiger partial charge in [-0.3, -0.25) is 0 Å². The van der Waals surface area contributed by atoms with Crippen molar-refractivity contribution >= 4 is 19.7 Å². The Morgan fingerprint density at radius 3 is 0.967 bits per heavy atom. The van der Waals surface area contributed by atoms with E-state index in [1.807, 2.05) is 0 Å². The molecule has 3 aromatic carbocycles. The lowest BCUT2D eigenvalue weighted by Gasteiger charge is -2.13. The third-order valence-corrected chi connectivity index (χ3v) is 7.96. The normalized spacial score (nSPS) is 12.2. The molecule has 3 aromatic rings. The quantitative estimate of drug-likeness (QED) is 0.426. The predicted molar refractivity (Wildman–Crippen MR) is 99.5 cm³/mol. The molecule has 0 saturated heterocycles. The van der Waals surface area contributed by atoms with Crippen molar-refractivity contribution in [2.45, 2.75) is 33.4 Å². The molecule has 10 heteroatoms. The van der Waals surface area contributed by atoms with Gasteiger partial charge in [0, 0.05) is 0 Å². The third kappa shape index (κ3) is 3.50. The van der Waals surface area contributed by atoms with Crippen molar-refractivity contribution < 1.29 is 34.4 Å². The van der Waals surface area contributed by atoms with Crippen molar-refractivity contribution in [3.05, 3.63) is 82.9 Å². The van der Waals surface area contributed by atoms with E-state index in [0.29, 0.717) is 11.1 Å². The first kappa shape index (κ1) is 22.0. The van der Waals surface area contributed by atoms with Crippen LogP contribution in [0.3, 0.4) is 0 Å². The summed E-state index contributed by atoms with van der Waals surface area (Å²) in [6.45, 7) is 3.25. The van der Waals surface area contributed by atoms with Crippen LogP contribution in [0.1, 0.15) is 11.1 Å². The molecule has 0 spiro atoms. The van der Waals surface area contributed by atoms with Crippen LogP contribution < -0.4 is 0 Å². The zero-order chi connectivity index (χ0) is 22.4. The smallest absolute Gasteiger partial charge is 0.212 e. The van der Waals surface area contributed by atoms with Crippen molar-refractivity contribution in [3.8, 4) is 0 Å². The zero-order valence-electron chi connectivity index (χ0n) is 15.6. The molecule has 0 N–H and O–H groups in total. The van der Waals surface area contributed by atoms with Gasteiger partial charge in [0.25, 0.3) is 0 Å². The minimum absolute atomic E-state index is 0.612. The Morgan fingerprint density at radius 2 is 0.733 bits per heavy atom. The molecule has 158 valence electrons. The molecule has 0 heterocycles. The number of halogens is 4. The van der Waals surface area contributed by atoms with Crippen molar-refractivity contribution in [2.24, 2.45) is 0 Å². The summed E-state index contributed by atoms with van der Waals surface area (Å²) in [4.78, 5) is -5.02. The summed E-state index contributed by atoms with van der Waals surface area (Å²) in [6, 6.07) is 9.34. The van der Waals surface area contributed by atoms with Gasteiger partial charge in [-0.15, -0.1) is 0 Å². The standard InChI is InChI=1S/C20H14F4O4S2/c1-11-3-7-13(8-4-11)29(25,26)19-15(21)17(23)20(18(24)16(19)22)30(27,28)14-9-5-12(2)6-10-14/h3-10H,1-2H3. The van der Waals surface area contributed by atoms with Gasteiger partial charge in [0.05, 0.1) is 9.79 Å². The van der Waals surface area contributed by atoms with Crippen LogP contribution in [-0.4, -0.2) is 16.8 Å². The summed E-state index contributed by atoms with van der Waals surface area (Å²) >= 11 is 0. The maximum Gasteiger partial charge on any atom is 0.212 e. The molecule has 0 fully saturated rings. The van der Waals surface area contributed by atoms with Gasteiger partial charge in [-0.1, -0.05) is 35.4 Å². The molecule has 0 amide bonds. The first-order chi connectivity index (χ1) is 13.9. The Hall–Kier alpha value is -2.72. The topological polar surface area (TPSA) is 68.3 Å². The number of aryl methyl sites for hydroxylation is 2. The van der Waals surface area contributed by atoms with Crippen molar-refractivity contribution in [3.63, 3.8) is 0 Å². The maximum absolute atomic E-state index is 14.6. The zero-order valence-corrected chi connectivity index (χ0v) is 17.2. The van der Waals surface area contributed by atoms with Gasteiger partial charge in [-0.2, -0.15) is 0 Å². The Labute approximate surface area is 170 Å². The van der Waals surface area contributed by atoms with Crippen LogP contribution in [0.5, 0.6) is 0 Å². The lowest BCUT2D eigenvalue weighted by Crippen LogP contribution is -2.17. The van der Waals surface area contributed by atoms with Crippen molar-refractivity contribution in [1.82, 2.24) is 0 Å². The molecule has 0 aliphatic carbocycles.